The molecule has 1 saturated heterocycles. The molecule has 1 aliphatic heterocycles. The average molecular weight is 496 g/mol. The maximum Gasteiger partial charge on any atom is 0.295 e. The van der Waals surface area contributed by atoms with Gasteiger partial charge in [-0.2, -0.15) is 0 Å². The number of ketones is 1. The Hall–Kier alpha value is -3.09. The van der Waals surface area contributed by atoms with Gasteiger partial charge in [0.2, 0.25) is 0 Å². The Balaban J connectivity index is 1.75. The van der Waals surface area contributed by atoms with E-state index in [2.05, 4.69) is 0 Å². The molecular formula is C27H26ClNO4S. The predicted molar refractivity (Wildman–Crippen MR) is 135 cm³/mol. The molecular weight excluding hydrogens is 470 g/mol. The van der Waals surface area contributed by atoms with Gasteiger partial charge in [-0.1, -0.05) is 35.9 Å². The molecule has 1 aliphatic rings. The number of hydrogen-bond donors (Lipinski definition) is 1. The quantitative estimate of drug-likeness (QED) is 0.242. The topological polar surface area (TPSA) is 66.8 Å². The van der Waals surface area contributed by atoms with Crippen LogP contribution in [0.25, 0.3) is 5.76 Å². The predicted octanol–water partition coefficient (Wildman–Crippen LogP) is 6.16. The van der Waals surface area contributed by atoms with E-state index in [1.165, 1.54) is 11.3 Å². The number of aliphatic hydroxyl groups is 1. The van der Waals surface area contributed by atoms with Crippen molar-refractivity contribution < 1.29 is 19.4 Å². The van der Waals surface area contributed by atoms with Crippen LogP contribution in [-0.4, -0.2) is 34.3 Å². The molecule has 2 heterocycles. The molecule has 1 fully saturated rings. The van der Waals surface area contributed by atoms with Gasteiger partial charge < -0.3 is 14.7 Å². The summed E-state index contributed by atoms with van der Waals surface area (Å²) >= 11 is 7.46. The summed E-state index contributed by atoms with van der Waals surface area (Å²) in [6.45, 7) is 6.11. The molecule has 5 nitrogen and oxygen atoms in total. The van der Waals surface area contributed by atoms with Crippen LogP contribution >= 0.6 is 22.9 Å². The van der Waals surface area contributed by atoms with Gasteiger partial charge >= 0.3 is 0 Å². The summed E-state index contributed by atoms with van der Waals surface area (Å²) in [6, 6.07) is 15.7. The van der Waals surface area contributed by atoms with E-state index >= 15 is 0 Å². The van der Waals surface area contributed by atoms with Crippen LogP contribution in [0.1, 0.15) is 41.5 Å². The molecule has 0 radical (unpaired) electrons. The number of thiophene rings is 1. The van der Waals surface area contributed by atoms with E-state index in [9.17, 15) is 14.7 Å². The van der Waals surface area contributed by atoms with Gasteiger partial charge in [-0.3, -0.25) is 9.59 Å². The van der Waals surface area contributed by atoms with E-state index in [0.29, 0.717) is 29.3 Å². The third kappa shape index (κ3) is 4.88. The number of amides is 1. The summed E-state index contributed by atoms with van der Waals surface area (Å²) in [6.07, 6.45) is 0.521. The minimum atomic E-state index is -0.679. The van der Waals surface area contributed by atoms with E-state index in [4.69, 9.17) is 16.3 Å². The van der Waals surface area contributed by atoms with Crippen molar-refractivity contribution in [1.82, 2.24) is 4.90 Å². The summed E-state index contributed by atoms with van der Waals surface area (Å²) in [7, 11) is 0. The standard InChI is InChI=1S/C27H26ClNO4S/c1-16(2)33-21-6-4-5-19(15-21)24(30)22-23(26-17(3)12-14-34-26)29(27(32)25(22)31)13-11-18-7-9-20(28)10-8-18/h4-10,12,14-16,23,30H,11,13H2,1-3H3/b24-22-. The fourth-order valence-electron chi connectivity index (χ4n) is 4.09. The van der Waals surface area contributed by atoms with Crippen LogP contribution in [0.4, 0.5) is 0 Å². The van der Waals surface area contributed by atoms with Crippen LogP contribution in [0.15, 0.2) is 65.6 Å². The third-order valence-electron chi connectivity index (χ3n) is 5.72. The normalized spacial score (nSPS) is 17.6. The molecule has 1 N–H and O–H groups in total. The van der Waals surface area contributed by atoms with Crippen molar-refractivity contribution in [1.29, 1.82) is 0 Å². The molecule has 7 heteroatoms. The number of halogens is 1. The van der Waals surface area contributed by atoms with Crippen molar-refractivity contribution in [2.75, 3.05) is 6.54 Å². The molecule has 1 amide bonds. The van der Waals surface area contributed by atoms with Gasteiger partial charge in [0.1, 0.15) is 11.5 Å². The molecule has 0 aliphatic carbocycles. The van der Waals surface area contributed by atoms with E-state index in [1.54, 1.807) is 41.3 Å². The Bertz CT molecular complexity index is 1250. The Labute approximate surface area is 208 Å². The summed E-state index contributed by atoms with van der Waals surface area (Å²) in [4.78, 5) is 28.8. The minimum absolute atomic E-state index is 0.0374. The Morgan fingerprint density at radius 1 is 1.15 bits per heavy atom. The average Bonchev–Trinajstić information content (AvgIpc) is 3.33. The highest BCUT2D eigenvalue weighted by atomic mass is 35.5. The highest BCUT2D eigenvalue weighted by Crippen LogP contribution is 2.42. The lowest BCUT2D eigenvalue weighted by Crippen LogP contribution is -2.31. The SMILES string of the molecule is Cc1ccsc1C1/C(=C(/O)c2cccc(OC(C)C)c2)C(=O)C(=O)N1CCc1ccc(Cl)cc1. The number of carbonyl (C=O) groups is 2. The fraction of sp³-hybridized carbons (Fsp3) is 0.259. The van der Waals surface area contributed by atoms with Crippen LogP contribution < -0.4 is 4.74 Å². The first-order valence-corrected chi connectivity index (χ1v) is 12.4. The van der Waals surface area contributed by atoms with E-state index in [-0.39, 0.29) is 17.4 Å². The van der Waals surface area contributed by atoms with Gasteiger partial charge in [0.05, 0.1) is 17.7 Å². The van der Waals surface area contributed by atoms with Crippen molar-refractivity contribution in [3.05, 3.63) is 92.1 Å². The lowest BCUT2D eigenvalue weighted by Gasteiger charge is -2.25. The van der Waals surface area contributed by atoms with Crippen molar-refractivity contribution in [3.8, 4) is 5.75 Å². The number of aliphatic hydroxyl groups excluding tert-OH is 1. The molecule has 1 atom stereocenters. The molecule has 1 unspecified atom stereocenters. The maximum atomic E-state index is 13.2. The number of aryl methyl sites for hydroxylation is 1. The van der Waals surface area contributed by atoms with E-state index in [1.807, 2.05) is 44.4 Å². The number of carbonyl (C=O) groups excluding carboxylic acids is 2. The summed E-state index contributed by atoms with van der Waals surface area (Å²) in [5.74, 6) is -0.899. The number of likely N-dealkylation sites (tertiary alicyclic amines) is 1. The molecule has 34 heavy (non-hydrogen) atoms. The van der Waals surface area contributed by atoms with Crippen molar-refractivity contribution in [2.45, 2.75) is 39.3 Å². The van der Waals surface area contributed by atoms with Gasteiger partial charge in [-0.15, -0.1) is 11.3 Å². The van der Waals surface area contributed by atoms with Crippen molar-refractivity contribution in [3.63, 3.8) is 0 Å². The summed E-state index contributed by atoms with van der Waals surface area (Å²) in [5.41, 5.74) is 2.52. The second-order valence-corrected chi connectivity index (χ2v) is 9.92. The van der Waals surface area contributed by atoms with Gasteiger partial charge in [-0.25, -0.2) is 0 Å². The Morgan fingerprint density at radius 3 is 2.53 bits per heavy atom. The first-order chi connectivity index (χ1) is 16.3. The number of rotatable bonds is 7. The van der Waals surface area contributed by atoms with Crippen LogP contribution in [0.2, 0.25) is 5.02 Å². The summed E-state index contributed by atoms with van der Waals surface area (Å²) in [5, 5.41) is 13.8. The molecule has 0 saturated carbocycles. The van der Waals surface area contributed by atoms with Crippen LogP contribution in [0, 0.1) is 6.92 Å². The minimum Gasteiger partial charge on any atom is -0.507 e. The molecule has 0 bridgehead atoms. The first kappa shape index (κ1) is 24.0. The van der Waals surface area contributed by atoms with Gasteiger partial charge in [-0.05, 0) is 74.0 Å². The monoisotopic (exact) mass is 495 g/mol. The largest absolute Gasteiger partial charge is 0.507 e. The number of hydrogen-bond acceptors (Lipinski definition) is 5. The zero-order valence-corrected chi connectivity index (χ0v) is 20.8. The lowest BCUT2D eigenvalue weighted by atomic mass is 9.98. The van der Waals surface area contributed by atoms with E-state index in [0.717, 1.165) is 16.0 Å². The third-order valence-corrected chi connectivity index (χ3v) is 7.05. The highest BCUT2D eigenvalue weighted by Gasteiger charge is 2.46. The zero-order valence-electron chi connectivity index (χ0n) is 19.2. The number of Topliss-reactive ketones (excluding diaryl/α,β-unsaturated/α-hetero) is 1. The second kappa shape index (κ2) is 10.0. The molecule has 0 spiro atoms. The maximum absolute atomic E-state index is 13.2. The van der Waals surface area contributed by atoms with Gasteiger partial charge in [0, 0.05) is 22.0 Å². The number of ether oxygens (including phenoxy) is 1. The lowest BCUT2D eigenvalue weighted by molar-refractivity contribution is -0.139. The Kier molecular flexibility index (Phi) is 7.10. The summed E-state index contributed by atoms with van der Waals surface area (Å²) < 4.78 is 5.75. The van der Waals surface area contributed by atoms with Crippen molar-refractivity contribution >= 4 is 40.4 Å². The van der Waals surface area contributed by atoms with E-state index < -0.39 is 17.7 Å². The first-order valence-electron chi connectivity index (χ1n) is 11.1. The molecule has 2 aromatic carbocycles. The smallest absolute Gasteiger partial charge is 0.295 e. The van der Waals surface area contributed by atoms with Gasteiger partial charge in [0.25, 0.3) is 11.7 Å². The highest BCUT2D eigenvalue weighted by molar-refractivity contribution is 7.10. The van der Waals surface area contributed by atoms with Crippen LogP contribution in [-0.2, 0) is 16.0 Å². The number of nitrogens with zero attached hydrogens (tertiary/aromatic N) is 1. The zero-order chi connectivity index (χ0) is 24.4. The van der Waals surface area contributed by atoms with Crippen LogP contribution in [0.5, 0.6) is 5.75 Å². The Morgan fingerprint density at radius 2 is 1.88 bits per heavy atom. The number of benzene rings is 2. The molecule has 4 rings (SSSR count). The van der Waals surface area contributed by atoms with Crippen LogP contribution in [0.3, 0.4) is 0 Å². The van der Waals surface area contributed by atoms with Gasteiger partial charge in [0.15, 0.2) is 0 Å². The molecule has 1 aromatic heterocycles. The fourth-order valence-corrected chi connectivity index (χ4v) is 5.27. The molecule has 176 valence electrons. The molecule has 3 aromatic rings. The second-order valence-electron chi connectivity index (χ2n) is 8.53. The van der Waals surface area contributed by atoms with Crippen molar-refractivity contribution in [2.24, 2.45) is 0 Å².